The maximum atomic E-state index is 5.95. The van der Waals surface area contributed by atoms with Crippen LogP contribution in [-0.4, -0.2) is 48.8 Å². The monoisotopic (exact) mass is 252 g/mol. The first kappa shape index (κ1) is 12.9. The minimum Gasteiger partial charge on any atom is -0.377 e. The molecule has 1 aliphatic carbocycles. The van der Waals surface area contributed by atoms with Gasteiger partial charge < -0.3 is 10.1 Å². The average Bonchev–Trinajstić information content (AvgIpc) is 3.20. The molecular formula is C15H28N2O. The molecule has 2 heterocycles. The third-order valence-corrected chi connectivity index (χ3v) is 5.18. The highest BCUT2D eigenvalue weighted by molar-refractivity contribution is 5.04. The minimum atomic E-state index is 0.382. The zero-order valence-electron chi connectivity index (χ0n) is 12.0. The van der Waals surface area contributed by atoms with Crippen LogP contribution < -0.4 is 5.32 Å². The molecule has 104 valence electrons. The van der Waals surface area contributed by atoms with Gasteiger partial charge in [-0.2, -0.15) is 0 Å². The quantitative estimate of drug-likeness (QED) is 0.831. The van der Waals surface area contributed by atoms with Crippen molar-refractivity contribution in [3.63, 3.8) is 0 Å². The molecule has 0 radical (unpaired) electrons. The van der Waals surface area contributed by atoms with E-state index in [0.29, 0.717) is 17.7 Å². The van der Waals surface area contributed by atoms with Crippen LogP contribution in [0.5, 0.6) is 0 Å². The SMILES string of the molecule is CC1CN(CC2CCCCO2)C(C)(C2CC2)CN1. The van der Waals surface area contributed by atoms with Crippen molar-refractivity contribution in [2.24, 2.45) is 5.92 Å². The average molecular weight is 252 g/mol. The van der Waals surface area contributed by atoms with E-state index in [1.54, 1.807) is 0 Å². The molecule has 3 rings (SSSR count). The Morgan fingerprint density at radius 1 is 1.28 bits per heavy atom. The summed E-state index contributed by atoms with van der Waals surface area (Å²) in [4.78, 5) is 2.74. The fourth-order valence-electron chi connectivity index (χ4n) is 3.68. The molecule has 0 aromatic carbocycles. The van der Waals surface area contributed by atoms with E-state index in [1.807, 2.05) is 0 Å². The number of hydrogen-bond acceptors (Lipinski definition) is 3. The maximum absolute atomic E-state index is 5.95. The summed E-state index contributed by atoms with van der Waals surface area (Å²) >= 11 is 0. The normalized spacial score (nSPS) is 43.0. The number of rotatable bonds is 3. The second kappa shape index (κ2) is 5.10. The molecule has 18 heavy (non-hydrogen) atoms. The molecule has 0 spiro atoms. The van der Waals surface area contributed by atoms with Crippen molar-refractivity contribution in [1.82, 2.24) is 10.2 Å². The van der Waals surface area contributed by atoms with Crippen LogP contribution in [0.3, 0.4) is 0 Å². The van der Waals surface area contributed by atoms with E-state index in [1.165, 1.54) is 38.6 Å². The first-order chi connectivity index (χ1) is 8.68. The van der Waals surface area contributed by atoms with Gasteiger partial charge in [0.2, 0.25) is 0 Å². The predicted molar refractivity (Wildman–Crippen MR) is 73.8 cm³/mol. The third kappa shape index (κ3) is 2.59. The van der Waals surface area contributed by atoms with Gasteiger partial charge in [-0.3, -0.25) is 4.90 Å². The van der Waals surface area contributed by atoms with E-state index < -0.39 is 0 Å². The van der Waals surface area contributed by atoms with E-state index in [0.717, 1.165) is 25.6 Å². The number of nitrogens with zero attached hydrogens (tertiary/aromatic N) is 1. The van der Waals surface area contributed by atoms with E-state index in [9.17, 15) is 0 Å². The van der Waals surface area contributed by atoms with Gasteiger partial charge in [0.05, 0.1) is 6.10 Å². The standard InChI is InChI=1S/C15H28N2O/c1-12-9-17(10-14-5-3-4-8-18-14)15(2,11-16-12)13-6-7-13/h12-14,16H,3-11H2,1-2H3. The van der Waals surface area contributed by atoms with Crippen LogP contribution in [0.15, 0.2) is 0 Å². The van der Waals surface area contributed by atoms with Gasteiger partial charge in [-0.25, -0.2) is 0 Å². The van der Waals surface area contributed by atoms with Gasteiger partial charge in [0, 0.05) is 37.8 Å². The fraction of sp³-hybridized carbons (Fsp3) is 1.00. The molecule has 3 unspecified atom stereocenters. The summed E-state index contributed by atoms with van der Waals surface area (Å²) < 4.78 is 5.95. The van der Waals surface area contributed by atoms with Gasteiger partial charge in [0.1, 0.15) is 0 Å². The summed E-state index contributed by atoms with van der Waals surface area (Å²) in [7, 11) is 0. The van der Waals surface area contributed by atoms with Crippen molar-refractivity contribution in [1.29, 1.82) is 0 Å². The minimum absolute atomic E-state index is 0.382. The largest absolute Gasteiger partial charge is 0.377 e. The van der Waals surface area contributed by atoms with E-state index in [4.69, 9.17) is 4.74 Å². The van der Waals surface area contributed by atoms with Crippen LogP contribution >= 0.6 is 0 Å². The van der Waals surface area contributed by atoms with Crippen LogP contribution in [-0.2, 0) is 4.74 Å². The van der Waals surface area contributed by atoms with Crippen LogP contribution in [0.25, 0.3) is 0 Å². The summed E-state index contributed by atoms with van der Waals surface area (Å²) in [6.45, 7) is 9.25. The second-order valence-electron chi connectivity index (χ2n) is 6.81. The Balaban J connectivity index is 1.65. The summed E-state index contributed by atoms with van der Waals surface area (Å²) in [6, 6.07) is 0.625. The molecule has 0 aromatic heterocycles. The number of hydrogen-bond donors (Lipinski definition) is 1. The third-order valence-electron chi connectivity index (χ3n) is 5.18. The highest BCUT2D eigenvalue weighted by Crippen LogP contribution is 2.44. The van der Waals surface area contributed by atoms with E-state index in [-0.39, 0.29) is 0 Å². The summed E-state index contributed by atoms with van der Waals surface area (Å²) in [6.07, 6.45) is 7.21. The molecule has 2 saturated heterocycles. The Bertz CT molecular complexity index is 286. The van der Waals surface area contributed by atoms with Crippen LogP contribution in [0.1, 0.15) is 46.0 Å². The van der Waals surface area contributed by atoms with Crippen LogP contribution in [0.2, 0.25) is 0 Å². The molecule has 3 nitrogen and oxygen atoms in total. The number of nitrogens with one attached hydrogen (secondary N) is 1. The lowest BCUT2D eigenvalue weighted by atomic mass is 9.89. The molecule has 2 aliphatic heterocycles. The van der Waals surface area contributed by atoms with Crippen molar-refractivity contribution in [2.75, 3.05) is 26.2 Å². The Morgan fingerprint density at radius 3 is 2.78 bits per heavy atom. The lowest BCUT2D eigenvalue weighted by Gasteiger charge is -2.49. The predicted octanol–water partition coefficient (Wildman–Crippen LogP) is 2.02. The number of ether oxygens (including phenoxy) is 1. The zero-order chi connectivity index (χ0) is 12.6. The fourth-order valence-corrected chi connectivity index (χ4v) is 3.68. The molecule has 1 N–H and O–H groups in total. The lowest BCUT2D eigenvalue weighted by molar-refractivity contribution is -0.0465. The molecule has 3 fully saturated rings. The second-order valence-corrected chi connectivity index (χ2v) is 6.81. The zero-order valence-corrected chi connectivity index (χ0v) is 12.0. The van der Waals surface area contributed by atoms with Crippen molar-refractivity contribution >= 4 is 0 Å². The van der Waals surface area contributed by atoms with Gasteiger partial charge >= 0.3 is 0 Å². The van der Waals surface area contributed by atoms with Gasteiger partial charge in [-0.05, 0) is 51.9 Å². The van der Waals surface area contributed by atoms with Gasteiger partial charge in [0.25, 0.3) is 0 Å². The Morgan fingerprint density at radius 2 is 2.11 bits per heavy atom. The first-order valence-electron chi connectivity index (χ1n) is 7.78. The highest BCUT2D eigenvalue weighted by Gasteiger charge is 2.48. The van der Waals surface area contributed by atoms with E-state index >= 15 is 0 Å². The molecule has 0 bridgehead atoms. The Labute approximate surface area is 111 Å². The van der Waals surface area contributed by atoms with Gasteiger partial charge in [-0.1, -0.05) is 0 Å². The summed E-state index contributed by atoms with van der Waals surface area (Å²) in [5.41, 5.74) is 0.382. The van der Waals surface area contributed by atoms with Crippen molar-refractivity contribution < 1.29 is 4.74 Å². The van der Waals surface area contributed by atoms with Crippen LogP contribution in [0, 0.1) is 5.92 Å². The molecule has 0 amide bonds. The van der Waals surface area contributed by atoms with Crippen molar-refractivity contribution in [3.05, 3.63) is 0 Å². The molecule has 0 aromatic rings. The molecular weight excluding hydrogens is 224 g/mol. The maximum Gasteiger partial charge on any atom is 0.0702 e. The van der Waals surface area contributed by atoms with Crippen molar-refractivity contribution in [2.45, 2.75) is 63.6 Å². The van der Waals surface area contributed by atoms with Crippen LogP contribution in [0.4, 0.5) is 0 Å². The lowest BCUT2D eigenvalue weighted by Crippen LogP contribution is -2.65. The molecule has 3 aliphatic rings. The molecule has 3 heteroatoms. The summed E-state index contributed by atoms with van der Waals surface area (Å²) in [5.74, 6) is 0.918. The summed E-state index contributed by atoms with van der Waals surface area (Å²) in [5, 5.41) is 3.68. The molecule has 3 atom stereocenters. The Kier molecular flexibility index (Phi) is 3.65. The smallest absolute Gasteiger partial charge is 0.0702 e. The topological polar surface area (TPSA) is 24.5 Å². The van der Waals surface area contributed by atoms with Crippen molar-refractivity contribution in [3.8, 4) is 0 Å². The first-order valence-corrected chi connectivity index (χ1v) is 7.78. The Hall–Kier alpha value is -0.120. The van der Waals surface area contributed by atoms with Gasteiger partial charge in [-0.15, -0.1) is 0 Å². The van der Waals surface area contributed by atoms with Gasteiger partial charge in [0.15, 0.2) is 0 Å². The number of piperazine rings is 1. The van der Waals surface area contributed by atoms with E-state index in [2.05, 4.69) is 24.1 Å². The molecule has 1 saturated carbocycles. The highest BCUT2D eigenvalue weighted by atomic mass is 16.5.